The maximum Gasteiger partial charge on any atom is 0.0575 e. The Morgan fingerprint density at radius 2 is 1.89 bits per heavy atom. The molecule has 0 bridgehead atoms. The Morgan fingerprint density at radius 1 is 1.05 bits per heavy atom. The molecule has 98 valence electrons. The second-order valence-corrected chi connectivity index (χ2v) is 5.18. The molecule has 0 spiro atoms. The van der Waals surface area contributed by atoms with Crippen molar-refractivity contribution in [2.45, 2.75) is 25.3 Å². The smallest absolute Gasteiger partial charge is 0.0575 e. The van der Waals surface area contributed by atoms with Crippen molar-refractivity contribution in [3.8, 4) is 0 Å². The standard InChI is InChI=1S/C17H20N2/c1-2-7-15(8-3-1)11-14-19-13-6-10-17(19)16-9-4-5-12-18-16/h1-5,7-9,12,17H,6,10-11,13-14H2/t17-/m1/s1. The van der Waals surface area contributed by atoms with E-state index in [-0.39, 0.29) is 0 Å². The van der Waals surface area contributed by atoms with Crippen molar-refractivity contribution in [3.63, 3.8) is 0 Å². The number of aromatic nitrogens is 1. The highest BCUT2D eigenvalue weighted by Crippen LogP contribution is 2.30. The highest BCUT2D eigenvalue weighted by atomic mass is 15.2. The summed E-state index contributed by atoms with van der Waals surface area (Å²) in [6.45, 7) is 2.33. The predicted molar refractivity (Wildman–Crippen MR) is 77.9 cm³/mol. The Labute approximate surface area is 115 Å². The topological polar surface area (TPSA) is 16.1 Å². The maximum absolute atomic E-state index is 4.52. The fourth-order valence-electron chi connectivity index (χ4n) is 2.92. The molecule has 19 heavy (non-hydrogen) atoms. The summed E-state index contributed by atoms with van der Waals surface area (Å²) in [4.78, 5) is 7.10. The molecule has 1 aliphatic rings. The van der Waals surface area contributed by atoms with E-state index in [1.165, 1.54) is 30.6 Å². The zero-order chi connectivity index (χ0) is 12.9. The highest BCUT2D eigenvalue weighted by molar-refractivity contribution is 5.15. The molecule has 0 amide bonds. The summed E-state index contributed by atoms with van der Waals surface area (Å²) < 4.78 is 0. The molecular formula is C17H20N2. The van der Waals surface area contributed by atoms with Crippen molar-refractivity contribution < 1.29 is 0 Å². The van der Waals surface area contributed by atoms with Crippen LogP contribution in [-0.2, 0) is 6.42 Å². The van der Waals surface area contributed by atoms with E-state index in [1.807, 2.05) is 12.3 Å². The van der Waals surface area contributed by atoms with Crippen LogP contribution in [0.5, 0.6) is 0 Å². The Hall–Kier alpha value is -1.67. The third-order valence-electron chi connectivity index (χ3n) is 3.92. The Kier molecular flexibility index (Phi) is 3.89. The lowest BCUT2D eigenvalue weighted by atomic mass is 10.1. The minimum absolute atomic E-state index is 0.518. The van der Waals surface area contributed by atoms with Crippen molar-refractivity contribution in [3.05, 3.63) is 66.0 Å². The van der Waals surface area contributed by atoms with E-state index in [9.17, 15) is 0 Å². The highest BCUT2D eigenvalue weighted by Gasteiger charge is 2.26. The molecule has 0 unspecified atom stereocenters. The van der Waals surface area contributed by atoms with E-state index in [0.29, 0.717) is 6.04 Å². The number of rotatable bonds is 4. The van der Waals surface area contributed by atoms with E-state index in [4.69, 9.17) is 0 Å². The minimum atomic E-state index is 0.518. The molecule has 1 atom stereocenters. The van der Waals surface area contributed by atoms with Gasteiger partial charge in [-0.25, -0.2) is 0 Å². The van der Waals surface area contributed by atoms with Gasteiger partial charge in [-0.05, 0) is 43.5 Å². The number of pyridine rings is 1. The van der Waals surface area contributed by atoms with Gasteiger partial charge in [-0.2, -0.15) is 0 Å². The van der Waals surface area contributed by atoms with Gasteiger partial charge in [0.05, 0.1) is 11.7 Å². The molecule has 2 heteroatoms. The van der Waals surface area contributed by atoms with Gasteiger partial charge in [0.25, 0.3) is 0 Å². The number of likely N-dealkylation sites (tertiary alicyclic amines) is 1. The zero-order valence-corrected chi connectivity index (χ0v) is 11.2. The molecule has 1 aromatic heterocycles. The maximum atomic E-state index is 4.52. The molecule has 1 aliphatic heterocycles. The number of benzene rings is 1. The van der Waals surface area contributed by atoms with Gasteiger partial charge in [0.2, 0.25) is 0 Å². The lowest BCUT2D eigenvalue weighted by Gasteiger charge is -2.23. The summed E-state index contributed by atoms with van der Waals surface area (Å²) in [7, 11) is 0. The van der Waals surface area contributed by atoms with Crippen LogP contribution in [0, 0.1) is 0 Å². The molecule has 0 saturated carbocycles. The second kappa shape index (κ2) is 5.98. The minimum Gasteiger partial charge on any atom is -0.294 e. The number of hydrogen-bond donors (Lipinski definition) is 0. The van der Waals surface area contributed by atoms with E-state index in [0.717, 1.165) is 13.0 Å². The summed E-state index contributed by atoms with van der Waals surface area (Å²) in [5, 5.41) is 0. The van der Waals surface area contributed by atoms with Crippen LogP contribution in [0.15, 0.2) is 54.7 Å². The van der Waals surface area contributed by atoms with Crippen LogP contribution >= 0.6 is 0 Å². The zero-order valence-electron chi connectivity index (χ0n) is 11.2. The lowest BCUT2D eigenvalue weighted by Crippen LogP contribution is -2.26. The van der Waals surface area contributed by atoms with Crippen LogP contribution in [0.4, 0.5) is 0 Å². The molecule has 2 aromatic rings. The fourth-order valence-corrected chi connectivity index (χ4v) is 2.92. The van der Waals surface area contributed by atoms with Gasteiger partial charge in [0, 0.05) is 12.7 Å². The molecule has 1 saturated heterocycles. The first-order valence-corrected chi connectivity index (χ1v) is 7.12. The summed E-state index contributed by atoms with van der Waals surface area (Å²) in [5.41, 5.74) is 2.65. The van der Waals surface area contributed by atoms with Crippen molar-refractivity contribution in [2.24, 2.45) is 0 Å². The van der Waals surface area contributed by atoms with Crippen molar-refractivity contribution >= 4 is 0 Å². The average molecular weight is 252 g/mol. The number of nitrogens with zero attached hydrogens (tertiary/aromatic N) is 2. The van der Waals surface area contributed by atoms with Gasteiger partial charge >= 0.3 is 0 Å². The van der Waals surface area contributed by atoms with E-state index >= 15 is 0 Å². The molecule has 1 aromatic carbocycles. The van der Waals surface area contributed by atoms with Crippen molar-refractivity contribution in [1.29, 1.82) is 0 Å². The molecule has 1 fully saturated rings. The quantitative estimate of drug-likeness (QED) is 0.828. The Morgan fingerprint density at radius 3 is 2.68 bits per heavy atom. The van der Waals surface area contributed by atoms with Crippen LogP contribution in [0.1, 0.15) is 30.1 Å². The Bertz CT molecular complexity index is 495. The molecule has 2 nitrogen and oxygen atoms in total. The summed E-state index contributed by atoms with van der Waals surface area (Å²) in [5.74, 6) is 0. The first-order valence-electron chi connectivity index (χ1n) is 7.12. The van der Waals surface area contributed by atoms with Gasteiger partial charge in [0.1, 0.15) is 0 Å². The van der Waals surface area contributed by atoms with Gasteiger partial charge in [0.15, 0.2) is 0 Å². The van der Waals surface area contributed by atoms with E-state index in [2.05, 4.69) is 52.3 Å². The molecule has 2 heterocycles. The molecular weight excluding hydrogens is 232 g/mol. The SMILES string of the molecule is c1ccc(CCN2CCC[C@@H]2c2ccccn2)cc1. The largest absolute Gasteiger partial charge is 0.294 e. The van der Waals surface area contributed by atoms with Crippen LogP contribution in [-0.4, -0.2) is 23.0 Å². The van der Waals surface area contributed by atoms with Gasteiger partial charge in [-0.15, -0.1) is 0 Å². The van der Waals surface area contributed by atoms with E-state index < -0.39 is 0 Å². The van der Waals surface area contributed by atoms with Crippen molar-refractivity contribution in [1.82, 2.24) is 9.88 Å². The van der Waals surface area contributed by atoms with E-state index in [1.54, 1.807) is 0 Å². The van der Waals surface area contributed by atoms with Crippen LogP contribution in [0.2, 0.25) is 0 Å². The van der Waals surface area contributed by atoms with Crippen LogP contribution in [0.3, 0.4) is 0 Å². The van der Waals surface area contributed by atoms with Crippen LogP contribution < -0.4 is 0 Å². The first-order chi connectivity index (χ1) is 9.43. The van der Waals surface area contributed by atoms with Crippen molar-refractivity contribution in [2.75, 3.05) is 13.1 Å². The Balaban J connectivity index is 1.64. The summed E-state index contributed by atoms with van der Waals surface area (Å²) >= 11 is 0. The monoisotopic (exact) mass is 252 g/mol. The third kappa shape index (κ3) is 3.02. The van der Waals surface area contributed by atoms with Gasteiger partial charge < -0.3 is 0 Å². The molecule has 0 N–H and O–H groups in total. The van der Waals surface area contributed by atoms with Gasteiger partial charge in [-0.1, -0.05) is 36.4 Å². The normalized spacial score (nSPS) is 19.7. The van der Waals surface area contributed by atoms with Gasteiger partial charge in [-0.3, -0.25) is 9.88 Å². The second-order valence-electron chi connectivity index (χ2n) is 5.18. The molecule has 3 rings (SSSR count). The predicted octanol–water partition coefficient (Wildman–Crippen LogP) is 3.46. The molecule has 0 radical (unpaired) electrons. The first kappa shape index (κ1) is 12.4. The summed E-state index contributed by atoms with van der Waals surface area (Å²) in [6, 6.07) is 17.5. The lowest BCUT2D eigenvalue weighted by molar-refractivity contribution is 0.256. The third-order valence-corrected chi connectivity index (χ3v) is 3.92. The fraction of sp³-hybridized carbons (Fsp3) is 0.353. The summed E-state index contributed by atoms with van der Waals surface area (Å²) in [6.07, 6.45) is 5.56. The average Bonchev–Trinajstić information content (AvgIpc) is 2.95. The number of hydrogen-bond acceptors (Lipinski definition) is 2. The van der Waals surface area contributed by atoms with Crippen LogP contribution in [0.25, 0.3) is 0 Å². The molecule has 0 aliphatic carbocycles.